The van der Waals surface area contributed by atoms with Gasteiger partial charge in [0.1, 0.15) is 6.54 Å². The van der Waals surface area contributed by atoms with E-state index in [1.54, 1.807) is 6.07 Å². The quantitative estimate of drug-likeness (QED) is 0.603. The lowest BCUT2D eigenvalue weighted by Gasteiger charge is -2.34. The summed E-state index contributed by atoms with van der Waals surface area (Å²) in [6.07, 6.45) is 1.01. The van der Waals surface area contributed by atoms with Gasteiger partial charge in [-0.05, 0) is 43.5 Å². The third-order valence-electron chi connectivity index (χ3n) is 6.11. The van der Waals surface area contributed by atoms with E-state index in [1.165, 1.54) is 16.3 Å². The van der Waals surface area contributed by atoms with Crippen LogP contribution in [0.5, 0.6) is 0 Å². The van der Waals surface area contributed by atoms with E-state index in [-0.39, 0.29) is 18.0 Å². The Bertz CT molecular complexity index is 1130. The molecule has 1 saturated heterocycles. The Hall–Kier alpha value is -3.25. The Morgan fingerprint density at radius 2 is 1.69 bits per heavy atom. The Labute approximate surface area is 189 Å². The molecule has 0 atom stereocenters. The van der Waals surface area contributed by atoms with Crippen LogP contribution in [-0.4, -0.2) is 58.2 Å². The molecule has 0 radical (unpaired) electrons. The van der Waals surface area contributed by atoms with Gasteiger partial charge >= 0.3 is 0 Å². The molecule has 0 spiro atoms. The lowest BCUT2D eigenvalue weighted by atomic mass is 10.0. The number of piperazine rings is 1. The van der Waals surface area contributed by atoms with Crippen LogP contribution in [0.15, 0.2) is 65.5 Å². The first-order valence-electron chi connectivity index (χ1n) is 11.2. The van der Waals surface area contributed by atoms with Gasteiger partial charge in [-0.25, -0.2) is 4.68 Å². The minimum atomic E-state index is -0.256. The number of aryl methyl sites for hydroxylation is 2. The van der Waals surface area contributed by atoms with Gasteiger partial charge in [0, 0.05) is 44.4 Å². The van der Waals surface area contributed by atoms with Gasteiger partial charge in [0.25, 0.3) is 5.56 Å². The lowest BCUT2D eigenvalue weighted by molar-refractivity contribution is -0.133. The second-order valence-electron chi connectivity index (χ2n) is 8.49. The smallest absolute Gasteiger partial charge is 0.267 e. The van der Waals surface area contributed by atoms with Crippen LogP contribution in [0, 0.1) is 13.8 Å². The first-order valence-corrected chi connectivity index (χ1v) is 11.2. The van der Waals surface area contributed by atoms with Crippen molar-refractivity contribution in [1.82, 2.24) is 19.6 Å². The van der Waals surface area contributed by atoms with Crippen LogP contribution in [0.25, 0.3) is 11.3 Å². The molecule has 0 saturated carbocycles. The van der Waals surface area contributed by atoms with E-state index in [9.17, 15) is 9.59 Å². The Morgan fingerprint density at radius 3 is 2.44 bits per heavy atom. The molecule has 166 valence electrons. The van der Waals surface area contributed by atoms with Crippen molar-refractivity contribution >= 4 is 5.91 Å². The topological polar surface area (TPSA) is 58.4 Å². The second-order valence-corrected chi connectivity index (χ2v) is 8.49. The molecule has 0 unspecified atom stereocenters. The number of nitrogens with zero attached hydrogens (tertiary/aromatic N) is 4. The molecular formula is C26H30N4O2. The molecule has 1 fully saturated rings. The van der Waals surface area contributed by atoms with Crippen molar-refractivity contribution in [1.29, 1.82) is 0 Å². The highest BCUT2D eigenvalue weighted by Gasteiger charge is 2.22. The zero-order valence-corrected chi connectivity index (χ0v) is 18.8. The molecule has 6 nitrogen and oxygen atoms in total. The third kappa shape index (κ3) is 5.32. The Balaban J connectivity index is 1.36. The molecule has 0 bridgehead atoms. The van der Waals surface area contributed by atoms with Gasteiger partial charge in [-0.15, -0.1) is 0 Å². The van der Waals surface area contributed by atoms with Gasteiger partial charge < -0.3 is 4.90 Å². The van der Waals surface area contributed by atoms with E-state index in [2.05, 4.69) is 46.4 Å². The fourth-order valence-electron chi connectivity index (χ4n) is 4.10. The monoisotopic (exact) mass is 430 g/mol. The normalized spacial score (nSPS) is 14.5. The van der Waals surface area contributed by atoms with Gasteiger partial charge in [0.05, 0.1) is 5.69 Å². The molecule has 6 heteroatoms. The van der Waals surface area contributed by atoms with Crippen LogP contribution in [-0.2, 0) is 17.8 Å². The predicted octanol–water partition coefficient (Wildman–Crippen LogP) is 2.91. The van der Waals surface area contributed by atoms with Crippen LogP contribution < -0.4 is 5.56 Å². The number of aromatic nitrogens is 2. The zero-order chi connectivity index (χ0) is 22.5. The molecule has 4 rings (SSSR count). The highest BCUT2D eigenvalue weighted by molar-refractivity contribution is 5.76. The number of hydrogen-bond acceptors (Lipinski definition) is 4. The van der Waals surface area contributed by atoms with Crippen molar-refractivity contribution in [2.24, 2.45) is 0 Å². The summed E-state index contributed by atoms with van der Waals surface area (Å²) < 4.78 is 1.29. The number of carbonyl (C=O) groups excluding carboxylic acids is 1. The van der Waals surface area contributed by atoms with E-state index in [4.69, 9.17) is 0 Å². The van der Waals surface area contributed by atoms with Crippen molar-refractivity contribution in [2.75, 3.05) is 32.7 Å². The van der Waals surface area contributed by atoms with Crippen molar-refractivity contribution in [3.8, 4) is 11.3 Å². The molecule has 1 amide bonds. The van der Waals surface area contributed by atoms with E-state index >= 15 is 0 Å². The highest BCUT2D eigenvalue weighted by atomic mass is 16.2. The van der Waals surface area contributed by atoms with Crippen molar-refractivity contribution < 1.29 is 4.79 Å². The summed E-state index contributed by atoms with van der Waals surface area (Å²) in [5, 5.41) is 4.50. The molecular weight excluding hydrogens is 400 g/mol. The summed E-state index contributed by atoms with van der Waals surface area (Å²) in [5.74, 6) is -0.0552. The summed E-state index contributed by atoms with van der Waals surface area (Å²) in [5.41, 5.74) is 4.99. The Morgan fingerprint density at radius 1 is 0.938 bits per heavy atom. The molecule has 1 aliphatic heterocycles. The number of hydrogen-bond donors (Lipinski definition) is 0. The fraction of sp³-hybridized carbons (Fsp3) is 0.346. The fourth-order valence-corrected chi connectivity index (χ4v) is 4.10. The van der Waals surface area contributed by atoms with Crippen molar-refractivity contribution in [3.63, 3.8) is 0 Å². The van der Waals surface area contributed by atoms with Crippen LogP contribution >= 0.6 is 0 Å². The van der Waals surface area contributed by atoms with Crippen LogP contribution in [0.3, 0.4) is 0 Å². The minimum Gasteiger partial charge on any atom is -0.339 e. The summed E-state index contributed by atoms with van der Waals surface area (Å²) in [4.78, 5) is 29.5. The molecule has 1 aromatic heterocycles. The maximum Gasteiger partial charge on any atom is 0.267 e. The molecule has 3 aromatic rings. The number of carbonyl (C=O) groups is 1. The van der Waals surface area contributed by atoms with Crippen LogP contribution in [0.2, 0.25) is 0 Å². The molecule has 32 heavy (non-hydrogen) atoms. The first kappa shape index (κ1) is 22.0. The van der Waals surface area contributed by atoms with Gasteiger partial charge in [0.15, 0.2) is 0 Å². The molecule has 1 aliphatic rings. The van der Waals surface area contributed by atoms with Gasteiger partial charge in [-0.2, -0.15) is 5.10 Å². The predicted molar refractivity (Wildman–Crippen MR) is 127 cm³/mol. The first-order chi connectivity index (χ1) is 15.5. The molecule has 0 aliphatic carbocycles. The minimum absolute atomic E-state index is 0.0262. The maximum absolute atomic E-state index is 12.9. The summed E-state index contributed by atoms with van der Waals surface area (Å²) in [6, 6.07) is 19.9. The Kier molecular flexibility index (Phi) is 6.81. The molecule has 0 N–H and O–H groups in total. The lowest BCUT2D eigenvalue weighted by Crippen LogP contribution is -2.50. The third-order valence-corrected chi connectivity index (χ3v) is 6.11. The maximum atomic E-state index is 12.9. The van der Waals surface area contributed by atoms with Crippen LogP contribution in [0.1, 0.15) is 16.7 Å². The van der Waals surface area contributed by atoms with E-state index in [0.29, 0.717) is 18.8 Å². The van der Waals surface area contributed by atoms with Gasteiger partial charge in [-0.3, -0.25) is 14.5 Å². The van der Waals surface area contributed by atoms with E-state index < -0.39 is 0 Å². The van der Waals surface area contributed by atoms with Crippen molar-refractivity contribution in [3.05, 3.63) is 87.7 Å². The van der Waals surface area contributed by atoms with E-state index in [1.807, 2.05) is 30.9 Å². The zero-order valence-electron chi connectivity index (χ0n) is 18.8. The van der Waals surface area contributed by atoms with E-state index in [0.717, 1.165) is 42.7 Å². The average molecular weight is 431 g/mol. The SMILES string of the molecule is Cc1ccc(C)c(-c2ccc(=O)n(CC(=O)N3CCN(CCc4ccccc4)CC3)n2)c1. The average Bonchev–Trinajstić information content (AvgIpc) is 2.82. The second kappa shape index (κ2) is 9.92. The molecule has 2 heterocycles. The number of rotatable bonds is 6. The van der Waals surface area contributed by atoms with Crippen LogP contribution in [0.4, 0.5) is 0 Å². The highest BCUT2D eigenvalue weighted by Crippen LogP contribution is 2.21. The number of benzene rings is 2. The summed E-state index contributed by atoms with van der Waals surface area (Å²) >= 11 is 0. The largest absolute Gasteiger partial charge is 0.339 e. The van der Waals surface area contributed by atoms with Gasteiger partial charge in [0.2, 0.25) is 5.91 Å². The van der Waals surface area contributed by atoms with Gasteiger partial charge in [-0.1, -0.05) is 48.0 Å². The summed E-state index contributed by atoms with van der Waals surface area (Å²) in [7, 11) is 0. The van der Waals surface area contributed by atoms with Crippen molar-refractivity contribution in [2.45, 2.75) is 26.8 Å². The summed E-state index contributed by atoms with van der Waals surface area (Å²) in [6.45, 7) is 8.08. The standard InChI is InChI=1S/C26H30N4O2/c1-20-8-9-21(2)23(18-20)24-10-11-25(31)30(27-24)19-26(32)29-16-14-28(15-17-29)13-12-22-6-4-3-5-7-22/h3-11,18H,12-17,19H2,1-2H3. The number of amides is 1. The molecule has 2 aromatic carbocycles.